The molecular weight excluding hydrogens is 228 g/mol. The molecule has 2 N–H and O–H groups in total. The summed E-state index contributed by atoms with van der Waals surface area (Å²) in [5.41, 5.74) is 0. The van der Waals surface area contributed by atoms with Gasteiger partial charge in [0.1, 0.15) is 0 Å². The summed E-state index contributed by atoms with van der Waals surface area (Å²) in [5, 5.41) is 6.71. The summed E-state index contributed by atoms with van der Waals surface area (Å²) >= 11 is 0. The van der Waals surface area contributed by atoms with Gasteiger partial charge in [0, 0.05) is 38.3 Å². The fraction of sp³-hybridized carbons (Fsp3) is 0.923. The molecule has 2 rings (SSSR count). The SMILES string of the molecule is CC1CNC(C(=O)N2CCCC(N(C)C)C2)CN1. The number of likely N-dealkylation sites (N-methyl/N-ethyl adjacent to an activating group) is 1. The summed E-state index contributed by atoms with van der Waals surface area (Å²) in [6.07, 6.45) is 2.31. The Hall–Kier alpha value is -0.650. The quantitative estimate of drug-likeness (QED) is 0.697. The topological polar surface area (TPSA) is 47.6 Å². The Labute approximate surface area is 110 Å². The Morgan fingerprint density at radius 1 is 1.28 bits per heavy atom. The second-order valence-electron chi connectivity index (χ2n) is 5.81. The highest BCUT2D eigenvalue weighted by Gasteiger charge is 2.31. The molecule has 0 aromatic heterocycles. The predicted octanol–water partition coefficient (Wildman–Crippen LogP) is -0.511. The summed E-state index contributed by atoms with van der Waals surface area (Å²) in [6, 6.07) is 0.935. The van der Waals surface area contributed by atoms with Crippen molar-refractivity contribution in [3.63, 3.8) is 0 Å². The molecule has 3 unspecified atom stereocenters. The molecule has 5 nitrogen and oxygen atoms in total. The number of carbonyl (C=O) groups is 1. The molecule has 0 saturated carbocycles. The first-order valence-corrected chi connectivity index (χ1v) is 7.00. The summed E-state index contributed by atoms with van der Waals surface area (Å²) in [4.78, 5) is 16.7. The molecule has 104 valence electrons. The van der Waals surface area contributed by atoms with Crippen molar-refractivity contribution in [1.29, 1.82) is 0 Å². The molecule has 2 heterocycles. The number of nitrogens with zero attached hydrogens (tertiary/aromatic N) is 2. The van der Waals surface area contributed by atoms with Crippen molar-refractivity contribution in [3.8, 4) is 0 Å². The van der Waals surface area contributed by atoms with E-state index in [9.17, 15) is 4.79 Å². The first kappa shape index (κ1) is 13.8. The van der Waals surface area contributed by atoms with Crippen LogP contribution in [0, 0.1) is 0 Å². The lowest BCUT2D eigenvalue weighted by molar-refractivity contribution is -0.135. The van der Waals surface area contributed by atoms with Crippen LogP contribution in [-0.2, 0) is 4.79 Å². The third kappa shape index (κ3) is 3.22. The van der Waals surface area contributed by atoms with Crippen LogP contribution in [0.3, 0.4) is 0 Å². The highest BCUT2D eigenvalue weighted by atomic mass is 16.2. The third-order valence-electron chi connectivity index (χ3n) is 4.08. The second-order valence-corrected chi connectivity index (χ2v) is 5.81. The van der Waals surface area contributed by atoms with Gasteiger partial charge in [-0.15, -0.1) is 0 Å². The number of rotatable bonds is 2. The predicted molar refractivity (Wildman–Crippen MR) is 72.5 cm³/mol. The minimum atomic E-state index is -0.0397. The fourth-order valence-corrected chi connectivity index (χ4v) is 2.75. The Morgan fingerprint density at radius 2 is 2.06 bits per heavy atom. The summed E-state index contributed by atoms with van der Waals surface area (Å²) in [7, 11) is 4.20. The maximum absolute atomic E-state index is 12.4. The molecule has 2 aliphatic rings. The van der Waals surface area contributed by atoms with Crippen LogP contribution >= 0.6 is 0 Å². The number of hydrogen-bond acceptors (Lipinski definition) is 4. The first-order chi connectivity index (χ1) is 8.58. The Kier molecular flexibility index (Phi) is 4.59. The highest BCUT2D eigenvalue weighted by molar-refractivity contribution is 5.82. The molecule has 5 heteroatoms. The monoisotopic (exact) mass is 254 g/mol. The molecule has 1 amide bonds. The van der Waals surface area contributed by atoms with Gasteiger partial charge in [0.15, 0.2) is 0 Å². The van der Waals surface area contributed by atoms with Gasteiger partial charge >= 0.3 is 0 Å². The van der Waals surface area contributed by atoms with Crippen molar-refractivity contribution in [2.75, 3.05) is 40.3 Å². The lowest BCUT2D eigenvalue weighted by Crippen LogP contribution is -2.61. The van der Waals surface area contributed by atoms with E-state index in [1.165, 1.54) is 6.42 Å². The van der Waals surface area contributed by atoms with E-state index in [-0.39, 0.29) is 11.9 Å². The summed E-state index contributed by atoms with van der Waals surface area (Å²) in [6.45, 7) is 5.55. The number of carbonyl (C=O) groups excluding carboxylic acids is 1. The van der Waals surface area contributed by atoms with Crippen LogP contribution in [0.2, 0.25) is 0 Å². The zero-order valence-corrected chi connectivity index (χ0v) is 11.8. The van der Waals surface area contributed by atoms with Crippen LogP contribution < -0.4 is 10.6 Å². The third-order valence-corrected chi connectivity index (χ3v) is 4.08. The average Bonchev–Trinajstić information content (AvgIpc) is 2.39. The van der Waals surface area contributed by atoms with E-state index < -0.39 is 0 Å². The van der Waals surface area contributed by atoms with E-state index in [1.54, 1.807) is 0 Å². The molecule has 0 spiro atoms. The number of likely N-dealkylation sites (tertiary alicyclic amines) is 1. The minimum absolute atomic E-state index is 0.0397. The van der Waals surface area contributed by atoms with Crippen molar-refractivity contribution in [2.45, 2.75) is 37.9 Å². The lowest BCUT2D eigenvalue weighted by Gasteiger charge is -2.39. The van der Waals surface area contributed by atoms with Crippen molar-refractivity contribution >= 4 is 5.91 Å². The minimum Gasteiger partial charge on any atom is -0.340 e. The van der Waals surface area contributed by atoms with Crippen LogP contribution in [0.25, 0.3) is 0 Å². The zero-order valence-electron chi connectivity index (χ0n) is 11.8. The number of amides is 1. The highest BCUT2D eigenvalue weighted by Crippen LogP contribution is 2.15. The second kappa shape index (κ2) is 5.99. The smallest absolute Gasteiger partial charge is 0.241 e. The Balaban J connectivity index is 1.88. The summed E-state index contributed by atoms with van der Waals surface area (Å²) in [5.74, 6) is 0.265. The molecule has 2 saturated heterocycles. The zero-order chi connectivity index (χ0) is 13.1. The molecular formula is C13H26N4O. The normalized spacial score (nSPS) is 33.8. The number of hydrogen-bond donors (Lipinski definition) is 2. The van der Waals surface area contributed by atoms with Crippen LogP contribution in [0.1, 0.15) is 19.8 Å². The number of piperazine rings is 1. The van der Waals surface area contributed by atoms with Gasteiger partial charge in [0.05, 0.1) is 6.04 Å². The van der Waals surface area contributed by atoms with Crippen LogP contribution in [0.4, 0.5) is 0 Å². The molecule has 3 atom stereocenters. The van der Waals surface area contributed by atoms with Crippen LogP contribution in [0.5, 0.6) is 0 Å². The first-order valence-electron chi connectivity index (χ1n) is 7.00. The molecule has 0 bridgehead atoms. The maximum atomic E-state index is 12.4. The average molecular weight is 254 g/mol. The Morgan fingerprint density at radius 3 is 2.67 bits per heavy atom. The van der Waals surface area contributed by atoms with E-state index in [2.05, 4.69) is 36.6 Å². The molecule has 0 aromatic carbocycles. The van der Waals surface area contributed by atoms with E-state index in [1.807, 2.05) is 4.90 Å². The molecule has 2 fully saturated rings. The molecule has 18 heavy (non-hydrogen) atoms. The van der Waals surface area contributed by atoms with E-state index in [4.69, 9.17) is 0 Å². The molecule has 2 aliphatic heterocycles. The molecule has 0 aliphatic carbocycles. The van der Waals surface area contributed by atoms with Crippen molar-refractivity contribution in [1.82, 2.24) is 20.4 Å². The van der Waals surface area contributed by atoms with Gasteiger partial charge in [-0.2, -0.15) is 0 Å². The largest absolute Gasteiger partial charge is 0.340 e. The van der Waals surface area contributed by atoms with Gasteiger partial charge in [0.25, 0.3) is 0 Å². The van der Waals surface area contributed by atoms with Gasteiger partial charge in [-0.25, -0.2) is 0 Å². The maximum Gasteiger partial charge on any atom is 0.241 e. The van der Waals surface area contributed by atoms with E-state index in [0.29, 0.717) is 12.1 Å². The lowest BCUT2D eigenvalue weighted by atomic mass is 10.0. The number of piperidine rings is 1. The van der Waals surface area contributed by atoms with E-state index in [0.717, 1.165) is 32.6 Å². The van der Waals surface area contributed by atoms with E-state index >= 15 is 0 Å². The van der Waals surface area contributed by atoms with Crippen molar-refractivity contribution in [2.24, 2.45) is 0 Å². The summed E-state index contributed by atoms with van der Waals surface area (Å²) < 4.78 is 0. The fourth-order valence-electron chi connectivity index (χ4n) is 2.75. The van der Waals surface area contributed by atoms with Gasteiger partial charge in [-0.3, -0.25) is 4.79 Å². The molecule has 0 aromatic rings. The number of nitrogens with one attached hydrogen (secondary N) is 2. The van der Waals surface area contributed by atoms with Gasteiger partial charge in [-0.1, -0.05) is 0 Å². The van der Waals surface area contributed by atoms with Gasteiger partial charge < -0.3 is 20.4 Å². The van der Waals surface area contributed by atoms with Crippen molar-refractivity contribution < 1.29 is 4.79 Å². The van der Waals surface area contributed by atoms with Crippen LogP contribution in [-0.4, -0.2) is 74.1 Å². The molecule has 0 radical (unpaired) electrons. The standard InChI is InChI=1S/C13H26N4O/c1-10-7-15-12(8-14-10)13(18)17-6-4-5-11(9-17)16(2)3/h10-12,14-15H,4-9H2,1-3H3. The van der Waals surface area contributed by atoms with Crippen LogP contribution in [0.15, 0.2) is 0 Å². The van der Waals surface area contributed by atoms with Crippen molar-refractivity contribution in [3.05, 3.63) is 0 Å². The Bertz CT molecular complexity index is 287. The van der Waals surface area contributed by atoms with Gasteiger partial charge in [0.2, 0.25) is 5.91 Å². The van der Waals surface area contributed by atoms with Gasteiger partial charge in [-0.05, 0) is 33.9 Å².